The molecular weight excluding hydrogens is 342 g/mol. The molecule has 7 heteroatoms. The van der Waals surface area contributed by atoms with Crippen molar-refractivity contribution in [2.45, 2.75) is 41.0 Å². The minimum Gasteiger partial charge on any atom is -0.462 e. The van der Waals surface area contributed by atoms with E-state index in [1.165, 1.54) is 5.56 Å². The molecule has 0 aliphatic rings. The van der Waals surface area contributed by atoms with Crippen LogP contribution < -0.4 is 5.32 Å². The van der Waals surface area contributed by atoms with Crippen LogP contribution in [0.4, 0.5) is 11.9 Å². The lowest BCUT2D eigenvalue weighted by atomic mass is 10.1. The van der Waals surface area contributed by atoms with E-state index in [4.69, 9.17) is 4.74 Å². The summed E-state index contributed by atoms with van der Waals surface area (Å²) in [7, 11) is 0. The number of carbonyl (C=O) groups excluding carboxylic acids is 1. The number of nitrogens with zero attached hydrogens (tertiary/aromatic N) is 4. The molecule has 0 saturated heterocycles. The van der Waals surface area contributed by atoms with Gasteiger partial charge in [0.2, 0.25) is 11.9 Å². The lowest BCUT2D eigenvalue weighted by Crippen LogP contribution is -2.13. The number of carbonyl (C=O) groups is 1. The largest absolute Gasteiger partial charge is 0.462 e. The van der Waals surface area contributed by atoms with Crippen LogP contribution in [0.2, 0.25) is 0 Å². The van der Waals surface area contributed by atoms with Crippen LogP contribution in [0.15, 0.2) is 18.2 Å². The predicted octanol–water partition coefficient (Wildman–Crippen LogP) is 3.83. The number of aromatic nitrogens is 4. The van der Waals surface area contributed by atoms with Crippen LogP contribution in [0.25, 0.3) is 10.9 Å². The molecule has 0 saturated carbocycles. The summed E-state index contributed by atoms with van der Waals surface area (Å²) >= 11 is 0. The second kappa shape index (κ2) is 7.65. The lowest BCUT2D eigenvalue weighted by molar-refractivity contribution is 0.0523. The molecule has 3 rings (SSSR count). The molecule has 7 nitrogen and oxygen atoms in total. The van der Waals surface area contributed by atoms with Crippen molar-refractivity contribution >= 4 is 28.8 Å². The Morgan fingerprint density at radius 1 is 0.963 bits per heavy atom. The molecular formula is C20H23N5O2. The fourth-order valence-electron chi connectivity index (χ4n) is 2.98. The van der Waals surface area contributed by atoms with Crippen LogP contribution >= 0.6 is 0 Å². The van der Waals surface area contributed by atoms with Gasteiger partial charge < -0.3 is 4.74 Å². The Bertz CT molecular complexity index is 994. The zero-order valence-corrected chi connectivity index (χ0v) is 16.3. The molecule has 0 atom stereocenters. The van der Waals surface area contributed by atoms with Crippen molar-refractivity contribution in [3.8, 4) is 0 Å². The maximum Gasteiger partial charge on any atom is 0.341 e. The average molecular weight is 365 g/mol. The summed E-state index contributed by atoms with van der Waals surface area (Å²) in [5.74, 6) is 0.359. The highest BCUT2D eigenvalue weighted by atomic mass is 16.5. The third-order valence-corrected chi connectivity index (χ3v) is 4.33. The van der Waals surface area contributed by atoms with Gasteiger partial charge in [0.05, 0.1) is 29.2 Å². The fraction of sp³-hybridized carbons (Fsp3) is 0.350. The molecule has 0 radical (unpaired) electrons. The van der Waals surface area contributed by atoms with E-state index in [2.05, 4.69) is 44.3 Å². The second-order valence-corrected chi connectivity index (χ2v) is 6.28. The highest BCUT2D eigenvalue weighted by molar-refractivity contribution is 5.91. The van der Waals surface area contributed by atoms with Gasteiger partial charge in [-0.25, -0.2) is 24.7 Å². The first kappa shape index (κ1) is 18.7. The van der Waals surface area contributed by atoms with E-state index in [-0.39, 0.29) is 0 Å². The van der Waals surface area contributed by atoms with Gasteiger partial charge in [0.25, 0.3) is 0 Å². The zero-order chi connectivity index (χ0) is 19.6. The van der Waals surface area contributed by atoms with Crippen LogP contribution in [0.5, 0.6) is 0 Å². The highest BCUT2D eigenvalue weighted by Crippen LogP contribution is 2.21. The molecule has 1 N–H and O–H groups in total. The fourth-order valence-corrected chi connectivity index (χ4v) is 2.98. The predicted molar refractivity (Wildman–Crippen MR) is 104 cm³/mol. The molecule has 0 aliphatic carbocycles. The van der Waals surface area contributed by atoms with Crippen LogP contribution in [0.1, 0.15) is 46.9 Å². The lowest BCUT2D eigenvalue weighted by Gasteiger charge is -2.11. The van der Waals surface area contributed by atoms with Gasteiger partial charge in [-0.15, -0.1) is 0 Å². The number of rotatable bonds is 5. The zero-order valence-electron chi connectivity index (χ0n) is 16.3. The molecule has 0 aliphatic heterocycles. The third kappa shape index (κ3) is 3.86. The summed E-state index contributed by atoms with van der Waals surface area (Å²) in [4.78, 5) is 29.9. The molecule has 1 aromatic carbocycles. The summed E-state index contributed by atoms with van der Waals surface area (Å²) in [6, 6.07) is 6.18. The van der Waals surface area contributed by atoms with Crippen molar-refractivity contribution in [2.75, 3.05) is 11.9 Å². The average Bonchev–Trinajstić information content (AvgIpc) is 2.61. The molecule has 0 spiro atoms. The Kier molecular flexibility index (Phi) is 5.30. The minimum atomic E-state index is -0.413. The standard InChI is InChI=1S/C20H23N5O2/c1-6-14-8-9-16-15(10-14)11(3)21-20(24-16)25-19-22-12(4)17(13(5)23-19)18(26)27-7-2/h8-10H,6-7H2,1-5H3,(H,21,22,23,24,25). The van der Waals surface area contributed by atoms with Crippen LogP contribution in [0.3, 0.4) is 0 Å². The van der Waals surface area contributed by atoms with Crippen molar-refractivity contribution in [1.82, 2.24) is 19.9 Å². The molecule has 0 amide bonds. The Morgan fingerprint density at radius 3 is 2.22 bits per heavy atom. The van der Waals surface area contributed by atoms with Gasteiger partial charge in [0.1, 0.15) is 5.56 Å². The first-order valence-corrected chi connectivity index (χ1v) is 8.99. The van der Waals surface area contributed by atoms with Crippen molar-refractivity contribution in [1.29, 1.82) is 0 Å². The van der Waals surface area contributed by atoms with E-state index >= 15 is 0 Å². The number of hydrogen-bond acceptors (Lipinski definition) is 7. The maximum absolute atomic E-state index is 12.1. The quantitative estimate of drug-likeness (QED) is 0.687. The smallest absolute Gasteiger partial charge is 0.341 e. The summed E-state index contributed by atoms with van der Waals surface area (Å²) in [5.41, 5.74) is 4.49. The van der Waals surface area contributed by atoms with Gasteiger partial charge in [0, 0.05) is 5.39 Å². The summed E-state index contributed by atoms with van der Waals surface area (Å²) in [6.45, 7) is 9.66. The van der Waals surface area contributed by atoms with E-state index in [0.29, 0.717) is 35.5 Å². The molecule has 140 valence electrons. The molecule has 27 heavy (non-hydrogen) atoms. The first-order valence-electron chi connectivity index (χ1n) is 8.99. The SMILES string of the molecule is CCOC(=O)c1c(C)nc(Nc2nc(C)c3cc(CC)ccc3n2)nc1C. The van der Waals surface area contributed by atoms with Gasteiger partial charge >= 0.3 is 5.97 Å². The van der Waals surface area contributed by atoms with E-state index < -0.39 is 5.97 Å². The number of benzene rings is 1. The monoisotopic (exact) mass is 365 g/mol. The molecule has 0 fully saturated rings. The van der Waals surface area contributed by atoms with E-state index in [9.17, 15) is 4.79 Å². The molecule has 0 unspecified atom stereocenters. The Hall–Kier alpha value is -3.09. The van der Waals surface area contributed by atoms with Gasteiger partial charge in [-0.3, -0.25) is 5.32 Å². The van der Waals surface area contributed by atoms with Gasteiger partial charge in [0.15, 0.2) is 0 Å². The van der Waals surface area contributed by atoms with Crippen LogP contribution in [0, 0.1) is 20.8 Å². The Morgan fingerprint density at radius 2 is 1.59 bits per heavy atom. The van der Waals surface area contributed by atoms with Gasteiger partial charge in [-0.1, -0.05) is 13.0 Å². The van der Waals surface area contributed by atoms with E-state index in [1.54, 1.807) is 20.8 Å². The molecule has 0 bridgehead atoms. The highest BCUT2D eigenvalue weighted by Gasteiger charge is 2.17. The molecule has 3 aromatic rings. The summed E-state index contributed by atoms with van der Waals surface area (Å²) < 4.78 is 5.07. The van der Waals surface area contributed by atoms with Crippen LogP contribution in [-0.4, -0.2) is 32.5 Å². The van der Waals surface area contributed by atoms with Crippen molar-refractivity contribution in [3.05, 3.63) is 46.4 Å². The number of fused-ring (bicyclic) bond motifs is 1. The second-order valence-electron chi connectivity index (χ2n) is 6.28. The Labute approximate surface area is 158 Å². The van der Waals surface area contributed by atoms with E-state index in [1.807, 2.05) is 13.0 Å². The number of aryl methyl sites for hydroxylation is 4. The summed E-state index contributed by atoms with van der Waals surface area (Å²) in [5, 5.41) is 4.08. The van der Waals surface area contributed by atoms with Crippen molar-refractivity contribution < 1.29 is 9.53 Å². The number of hydrogen-bond donors (Lipinski definition) is 1. The molecule has 2 aromatic heterocycles. The van der Waals surface area contributed by atoms with Crippen molar-refractivity contribution in [3.63, 3.8) is 0 Å². The maximum atomic E-state index is 12.1. The topological polar surface area (TPSA) is 89.9 Å². The number of esters is 1. The van der Waals surface area contributed by atoms with Crippen LogP contribution in [-0.2, 0) is 11.2 Å². The summed E-state index contributed by atoms with van der Waals surface area (Å²) in [6.07, 6.45) is 0.967. The number of ether oxygens (including phenoxy) is 1. The first-order chi connectivity index (χ1) is 12.9. The molecule has 2 heterocycles. The van der Waals surface area contributed by atoms with Crippen molar-refractivity contribution in [2.24, 2.45) is 0 Å². The van der Waals surface area contributed by atoms with Gasteiger partial charge in [-0.05, 0) is 51.8 Å². The number of nitrogens with one attached hydrogen (secondary N) is 1. The normalized spacial score (nSPS) is 10.9. The van der Waals surface area contributed by atoms with E-state index in [0.717, 1.165) is 23.0 Å². The minimum absolute atomic E-state index is 0.307. The third-order valence-electron chi connectivity index (χ3n) is 4.33. The number of anilines is 2. The van der Waals surface area contributed by atoms with Gasteiger partial charge in [-0.2, -0.15) is 0 Å². The Balaban J connectivity index is 1.94.